The highest BCUT2D eigenvalue weighted by Crippen LogP contribution is 2.34. The molecule has 1 N–H and O–H groups in total. The van der Waals surface area contributed by atoms with Crippen LogP contribution in [-0.2, 0) is 10.9 Å². The minimum atomic E-state index is -4.37. The van der Waals surface area contributed by atoms with Gasteiger partial charge in [-0.05, 0) is 82.6 Å². The number of hydrogen-bond acceptors (Lipinski definition) is 5. The van der Waals surface area contributed by atoms with E-state index in [2.05, 4.69) is 5.32 Å². The van der Waals surface area contributed by atoms with E-state index in [0.29, 0.717) is 17.1 Å². The highest BCUT2D eigenvalue weighted by Gasteiger charge is 2.50. The molecule has 1 aliphatic rings. The van der Waals surface area contributed by atoms with Gasteiger partial charge in [0.25, 0.3) is 0 Å². The number of nitrogens with zero attached hydrogens (tertiary/aromatic N) is 1. The molecule has 1 unspecified atom stereocenters. The van der Waals surface area contributed by atoms with Crippen LogP contribution in [0.4, 0.5) is 22.4 Å². The number of carbonyl (C=O) groups is 2. The Balaban J connectivity index is 0.000000231. The highest BCUT2D eigenvalue weighted by molar-refractivity contribution is 5.92. The Labute approximate surface area is 224 Å². The molecule has 1 saturated heterocycles. The summed E-state index contributed by atoms with van der Waals surface area (Å²) in [5, 5.41) is 4.46. The van der Waals surface area contributed by atoms with Gasteiger partial charge in [0.05, 0.1) is 18.7 Å². The molecule has 10 heteroatoms. The summed E-state index contributed by atoms with van der Waals surface area (Å²) in [6, 6.07) is 14.7. The fourth-order valence-electron chi connectivity index (χ4n) is 3.85. The molecule has 0 aliphatic carbocycles. The Bertz CT molecular complexity index is 1300. The Hall–Kier alpha value is -3.66. The first kappa shape index (κ1) is 29.9. The molecule has 0 radical (unpaired) electrons. The fourth-order valence-corrected chi connectivity index (χ4v) is 3.85. The quantitative estimate of drug-likeness (QED) is 0.274. The van der Waals surface area contributed by atoms with Crippen molar-refractivity contribution >= 4 is 23.2 Å². The molecule has 39 heavy (non-hydrogen) atoms. The number of carbonyl (C=O) groups excluding carboxylic acids is 2. The van der Waals surface area contributed by atoms with E-state index in [9.17, 15) is 27.2 Å². The van der Waals surface area contributed by atoms with Crippen molar-refractivity contribution < 1.29 is 36.6 Å². The van der Waals surface area contributed by atoms with E-state index in [1.807, 2.05) is 6.07 Å². The van der Waals surface area contributed by atoms with Crippen LogP contribution in [0.2, 0.25) is 0 Å². The van der Waals surface area contributed by atoms with E-state index in [0.717, 1.165) is 29.2 Å². The number of nitrogens with one attached hydrogen (secondary N) is 1. The molecular formula is C29H32F4N2O4. The average molecular weight is 549 g/mol. The van der Waals surface area contributed by atoms with E-state index in [4.69, 9.17) is 9.47 Å². The molecule has 1 atom stereocenters. The summed E-state index contributed by atoms with van der Waals surface area (Å²) in [5.41, 5.74) is -2.03. The van der Waals surface area contributed by atoms with Gasteiger partial charge in [-0.25, -0.2) is 9.18 Å². The summed E-state index contributed by atoms with van der Waals surface area (Å²) in [5.74, 6) is 0.824. The Morgan fingerprint density at radius 1 is 1.05 bits per heavy atom. The lowest BCUT2D eigenvalue weighted by atomic mass is 9.89. The zero-order chi connectivity index (χ0) is 29.0. The predicted octanol–water partition coefficient (Wildman–Crippen LogP) is 7.02. The van der Waals surface area contributed by atoms with Crippen molar-refractivity contribution in [3.8, 4) is 11.5 Å². The standard InChI is InChI=1S/C18H11F3O2.C11H21FN2O2/c19-18(20,21)14-5-7-15(8-6-14)23-17-3-1-2-13-10-12(11-22)4-9-16(13)17;1-8(13-5)11(12)6-14(7-11)9(15)16-10(2,3)4/h1-11H;8,13H,6-7H2,1-5H3. The van der Waals surface area contributed by atoms with Crippen LogP contribution in [0, 0.1) is 0 Å². The summed E-state index contributed by atoms with van der Waals surface area (Å²) in [6.45, 7) is 7.36. The van der Waals surface area contributed by atoms with Crippen molar-refractivity contribution in [2.45, 2.75) is 51.2 Å². The number of hydrogen-bond donors (Lipinski definition) is 1. The van der Waals surface area contributed by atoms with Gasteiger partial charge in [0, 0.05) is 17.0 Å². The molecule has 0 aromatic heterocycles. The van der Waals surface area contributed by atoms with Gasteiger partial charge in [0.2, 0.25) is 0 Å². The lowest BCUT2D eigenvalue weighted by molar-refractivity contribution is -0.137. The summed E-state index contributed by atoms with van der Waals surface area (Å²) >= 11 is 0. The van der Waals surface area contributed by atoms with Gasteiger partial charge >= 0.3 is 12.3 Å². The van der Waals surface area contributed by atoms with Crippen LogP contribution in [0.1, 0.15) is 43.6 Å². The number of fused-ring (bicyclic) bond motifs is 1. The number of ether oxygens (including phenoxy) is 2. The highest BCUT2D eigenvalue weighted by atomic mass is 19.4. The van der Waals surface area contributed by atoms with Crippen molar-refractivity contribution in [3.05, 3.63) is 71.8 Å². The second kappa shape index (κ2) is 11.6. The first-order chi connectivity index (χ1) is 18.1. The summed E-state index contributed by atoms with van der Waals surface area (Å²) < 4.78 is 62.5. The molecule has 0 spiro atoms. The number of amides is 1. The second-order valence-corrected chi connectivity index (χ2v) is 10.4. The molecular weight excluding hydrogens is 516 g/mol. The topological polar surface area (TPSA) is 67.9 Å². The van der Waals surface area contributed by atoms with E-state index in [1.165, 1.54) is 17.0 Å². The number of rotatable bonds is 5. The monoisotopic (exact) mass is 548 g/mol. The smallest absolute Gasteiger partial charge is 0.416 e. The van der Waals surface area contributed by atoms with Crippen LogP contribution in [0.15, 0.2) is 60.7 Å². The van der Waals surface area contributed by atoms with Crippen LogP contribution in [0.25, 0.3) is 10.8 Å². The van der Waals surface area contributed by atoms with E-state index >= 15 is 0 Å². The largest absolute Gasteiger partial charge is 0.457 e. The normalized spacial score (nSPS) is 15.5. The predicted molar refractivity (Wildman–Crippen MR) is 141 cm³/mol. The first-order valence-corrected chi connectivity index (χ1v) is 12.3. The first-order valence-electron chi connectivity index (χ1n) is 12.3. The number of halogens is 4. The molecule has 4 rings (SSSR count). The van der Waals surface area contributed by atoms with Crippen LogP contribution in [0.3, 0.4) is 0 Å². The third-order valence-corrected chi connectivity index (χ3v) is 6.18. The Kier molecular flexibility index (Phi) is 8.90. The average Bonchev–Trinajstić information content (AvgIpc) is 2.85. The molecule has 0 saturated carbocycles. The van der Waals surface area contributed by atoms with Crippen LogP contribution in [0.5, 0.6) is 11.5 Å². The van der Waals surface area contributed by atoms with Crippen molar-refractivity contribution in [2.75, 3.05) is 20.1 Å². The van der Waals surface area contributed by atoms with Crippen LogP contribution >= 0.6 is 0 Å². The van der Waals surface area contributed by atoms with E-state index < -0.39 is 29.1 Å². The van der Waals surface area contributed by atoms with Gasteiger partial charge in [-0.3, -0.25) is 4.79 Å². The maximum Gasteiger partial charge on any atom is 0.416 e. The minimum Gasteiger partial charge on any atom is -0.457 e. The van der Waals surface area contributed by atoms with Gasteiger partial charge in [0.1, 0.15) is 23.4 Å². The van der Waals surface area contributed by atoms with Gasteiger partial charge in [0.15, 0.2) is 5.67 Å². The Morgan fingerprint density at radius 3 is 2.23 bits per heavy atom. The molecule has 6 nitrogen and oxygen atoms in total. The van der Waals surface area contributed by atoms with Crippen molar-refractivity contribution in [3.63, 3.8) is 0 Å². The van der Waals surface area contributed by atoms with Crippen LogP contribution < -0.4 is 10.1 Å². The molecule has 1 heterocycles. The van der Waals surface area contributed by atoms with Crippen molar-refractivity contribution in [1.29, 1.82) is 0 Å². The van der Waals surface area contributed by atoms with Crippen LogP contribution in [-0.4, -0.2) is 54.7 Å². The molecule has 3 aromatic rings. The number of alkyl halides is 4. The number of aldehydes is 1. The minimum absolute atomic E-state index is 0.101. The van der Waals surface area contributed by atoms with Crippen molar-refractivity contribution in [1.82, 2.24) is 10.2 Å². The van der Waals surface area contributed by atoms with E-state index in [1.54, 1.807) is 65.1 Å². The maximum absolute atomic E-state index is 14.0. The number of likely N-dealkylation sites (tertiary alicyclic amines) is 1. The second-order valence-electron chi connectivity index (χ2n) is 10.4. The molecule has 0 bridgehead atoms. The summed E-state index contributed by atoms with van der Waals surface area (Å²) in [7, 11) is 1.71. The molecule has 210 valence electrons. The lowest BCUT2D eigenvalue weighted by Gasteiger charge is -2.47. The molecule has 1 aliphatic heterocycles. The summed E-state index contributed by atoms with van der Waals surface area (Å²) in [6.07, 6.45) is -4.06. The molecule has 3 aromatic carbocycles. The van der Waals surface area contributed by atoms with Gasteiger partial charge in [-0.2, -0.15) is 13.2 Å². The Morgan fingerprint density at radius 2 is 1.69 bits per heavy atom. The zero-order valence-electron chi connectivity index (χ0n) is 22.4. The maximum atomic E-state index is 14.0. The zero-order valence-corrected chi connectivity index (χ0v) is 22.4. The molecule has 1 fully saturated rings. The van der Waals surface area contributed by atoms with Gasteiger partial charge in [-0.15, -0.1) is 0 Å². The van der Waals surface area contributed by atoms with Gasteiger partial charge in [-0.1, -0.05) is 18.2 Å². The summed E-state index contributed by atoms with van der Waals surface area (Å²) in [4.78, 5) is 23.8. The third-order valence-electron chi connectivity index (χ3n) is 6.18. The lowest BCUT2D eigenvalue weighted by Crippen LogP contribution is -2.68. The van der Waals surface area contributed by atoms with E-state index in [-0.39, 0.29) is 19.1 Å². The van der Waals surface area contributed by atoms with Gasteiger partial charge < -0.3 is 19.7 Å². The fraction of sp³-hybridized carbons (Fsp3) is 0.379. The van der Waals surface area contributed by atoms with Crippen molar-refractivity contribution in [2.24, 2.45) is 0 Å². The third kappa shape index (κ3) is 7.69. The molecule has 1 amide bonds. The number of benzene rings is 3. The SMILES string of the molecule is CNC(C)C1(F)CN(C(=O)OC(C)(C)C)C1.O=Cc1ccc2c(Oc3ccc(C(F)(F)F)cc3)cccc2c1.